The summed E-state index contributed by atoms with van der Waals surface area (Å²) in [6, 6.07) is 0. The largest absolute Gasteiger partial charge is 0.396 e. The van der Waals surface area contributed by atoms with E-state index in [2.05, 4.69) is 20.4 Å². The van der Waals surface area contributed by atoms with Crippen molar-refractivity contribution in [2.75, 3.05) is 6.61 Å². The van der Waals surface area contributed by atoms with Crippen molar-refractivity contribution in [2.24, 2.45) is 46.3 Å². The van der Waals surface area contributed by atoms with Gasteiger partial charge in [-0.2, -0.15) is 0 Å². The molecule has 194 valence electrons. The van der Waals surface area contributed by atoms with Gasteiger partial charge in [0.2, 0.25) is 0 Å². The monoisotopic (exact) mass is 478 g/mol. The van der Waals surface area contributed by atoms with E-state index in [1.165, 1.54) is 0 Å². The standard InChI is InChI=1S/C28H46O6/c1-15(17(3)14-29)6-7-16(2)18-12-20(31)25-26(18,4)11-9-22-27(5)10-8-19(30)24(33)23(27)21(32)13-28(22,25)34/h16-19,21-25,29-30,32-34H,1,6-14H2,2-5H3. The van der Waals surface area contributed by atoms with E-state index in [0.29, 0.717) is 19.3 Å². The molecule has 0 saturated heterocycles. The minimum atomic E-state index is -1.29. The Morgan fingerprint density at radius 3 is 2.38 bits per heavy atom. The second-order valence-corrected chi connectivity index (χ2v) is 13.0. The van der Waals surface area contributed by atoms with Crippen LogP contribution in [0.25, 0.3) is 0 Å². The Bertz CT molecular complexity index is 813. The zero-order valence-corrected chi connectivity index (χ0v) is 21.4. The minimum Gasteiger partial charge on any atom is -0.396 e. The van der Waals surface area contributed by atoms with Crippen LogP contribution in [0.2, 0.25) is 0 Å². The van der Waals surface area contributed by atoms with Crippen molar-refractivity contribution in [1.29, 1.82) is 0 Å². The molecule has 0 heterocycles. The smallest absolute Gasteiger partial charge is 0.139 e. The Labute approximate surface area is 204 Å². The van der Waals surface area contributed by atoms with Crippen LogP contribution >= 0.6 is 0 Å². The fraction of sp³-hybridized carbons (Fsp3) is 0.893. The molecule has 0 aliphatic heterocycles. The molecule has 0 bridgehead atoms. The summed E-state index contributed by atoms with van der Waals surface area (Å²) in [5, 5.41) is 53.9. The molecule has 0 spiro atoms. The van der Waals surface area contributed by atoms with Crippen molar-refractivity contribution in [3.63, 3.8) is 0 Å². The van der Waals surface area contributed by atoms with E-state index in [0.717, 1.165) is 31.3 Å². The number of aliphatic hydroxyl groups excluding tert-OH is 4. The first kappa shape index (κ1) is 26.3. The van der Waals surface area contributed by atoms with Crippen molar-refractivity contribution in [3.05, 3.63) is 12.2 Å². The van der Waals surface area contributed by atoms with Crippen LogP contribution in [0.3, 0.4) is 0 Å². The molecule has 0 radical (unpaired) electrons. The molecule has 4 aliphatic rings. The quantitative estimate of drug-likeness (QED) is 0.375. The van der Waals surface area contributed by atoms with Crippen LogP contribution in [0.5, 0.6) is 0 Å². The normalized spacial score (nSPS) is 50.1. The highest BCUT2D eigenvalue weighted by Crippen LogP contribution is 2.69. The van der Waals surface area contributed by atoms with E-state index < -0.39 is 41.2 Å². The Morgan fingerprint density at radius 2 is 1.74 bits per heavy atom. The molecule has 34 heavy (non-hydrogen) atoms. The SMILES string of the molecule is C=C(CCC(C)C1CC(=O)C2C1(C)CCC1C3(C)CCC(O)C(O)C3C(O)CC12O)C(C)CO. The summed E-state index contributed by atoms with van der Waals surface area (Å²) < 4.78 is 0. The van der Waals surface area contributed by atoms with Gasteiger partial charge in [-0.25, -0.2) is 0 Å². The third-order valence-corrected chi connectivity index (χ3v) is 11.2. The Hall–Kier alpha value is -0.790. The van der Waals surface area contributed by atoms with Crippen molar-refractivity contribution < 1.29 is 30.3 Å². The summed E-state index contributed by atoms with van der Waals surface area (Å²) in [5.74, 6) is -0.562. The van der Waals surface area contributed by atoms with Gasteiger partial charge < -0.3 is 25.5 Å². The molecule has 0 aromatic heterocycles. The zero-order chi connectivity index (χ0) is 25.2. The lowest BCUT2D eigenvalue weighted by Gasteiger charge is -2.65. The van der Waals surface area contributed by atoms with Crippen molar-refractivity contribution >= 4 is 5.78 Å². The van der Waals surface area contributed by atoms with Crippen LogP contribution < -0.4 is 0 Å². The Balaban J connectivity index is 1.60. The molecule has 12 atom stereocenters. The van der Waals surface area contributed by atoms with Gasteiger partial charge in [0.25, 0.3) is 0 Å². The maximum Gasteiger partial charge on any atom is 0.139 e. The highest BCUT2D eigenvalue weighted by molar-refractivity contribution is 5.86. The van der Waals surface area contributed by atoms with Crippen LogP contribution in [-0.2, 0) is 4.79 Å². The van der Waals surface area contributed by atoms with Crippen LogP contribution in [-0.4, -0.2) is 61.8 Å². The first-order valence-electron chi connectivity index (χ1n) is 13.4. The average Bonchev–Trinajstić information content (AvgIpc) is 3.05. The van der Waals surface area contributed by atoms with Gasteiger partial charge in [-0.3, -0.25) is 4.79 Å². The molecule has 4 rings (SSSR count). The van der Waals surface area contributed by atoms with E-state index in [1.54, 1.807) is 0 Å². The van der Waals surface area contributed by atoms with Gasteiger partial charge in [0.1, 0.15) is 5.78 Å². The minimum absolute atomic E-state index is 0.0682. The summed E-state index contributed by atoms with van der Waals surface area (Å²) in [4.78, 5) is 13.6. The summed E-state index contributed by atoms with van der Waals surface area (Å²) in [5.41, 5.74) is -1.11. The van der Waals surface area contributed by atoms with Crippen molar-refractivity contribution in [2.45, 2.75) is 103 Å². The number of hydrogen-bond donors (Lipinski definition) is 5. The van der Waals surface area contributed by atoms with Gasteiger partial charge in [0.05, 0.1) is 29.8 Å². The fourth-order valence-corrected chi connectivity index (χ4v) is 9.20. The lowest BCUT2D eigenvalue weighted by atomic mass is 9.41. The number of rotatable bonds is 6. The lowest BCUT2D eigenvalue weighted by molar-refractivity contribution is -0.269. The number of carbonyl (C=O) groups is 1. The number of carbonyl (C=O) groups excluding carboxylic acids is 1. The highest BCUT2D eigenvalue weighted by Gasteiger charge is 2.71. The molecule has 4 saturated carbocycles. The van der Waals surface area contributed by atoms with Crippen LogP contribution in [0.1, 0.15) is 79.1 Å². The van der Waals surface area contributed by atoms with E-state index in [4.69, 9.17) is 0 Å². The molecule has 6 nitrogen and oxygen atoms in total. The third-order valence-electron chi connectivity index (χ3n) is 11.2. The zero-order valence-electron chi connectivity index (χ0n) is 21.4. The van der Waals surface area contributed by atoms with E-state index in [1.807, 2.05) is 13.8 Å². The summed E-state index contributed by atoms with van der Waals surface area (Å²) in [6.07, 6.45) is 2.12. The number of hydrogen-bond acceptors (Lipinski definition) is 6. The first-order chi connectivity index (χ1) is 15.8. The highest BCUT2D eigenvalue weighted by atomic mass is 16.3. The molecule has 12 unspecified atom stereocenters. The van der Waals surface area contributed by atoms with E-state index >= 15 is 0 Å². The molecule has 5 N–H and O–H groups in total. The molecule has 0 aromatic rings. The van der Waals surface area contributed by atoms with Gasteiger partial charge in [-0.15, -0.1) is 0 Å². The van der Waals surface area contributed by atoms with Gasteiger partial charge in [0.15, 0.2) is 0 Å². The topological polar surface area (TPSA) is 118 Å². The molecule has 6 heteroatoms. The van der Waals surface area contributed by atoms with Gasteiger partial charge in [-0.05, 0) is 73.0 Å². The van der Waals surface area contributed by atoms with Gasteiger partial charge >= 0.3 is 0 Å². The number of aliphatic hydroxyl groups is 5. The number of fused-ring (bicyclic) bond motifs is 5. The maximum atomic E-state index is 13.6. The number of ketones is 1. The summed E-state index contributed by atoms with van der Waals surface area (Å²) in [7, 11) is 0. The number of Topliss-reactive ketones (excluding diaryl/α,β-unsaturated/α-hetero) is 1. The lowest BCUT2D eigenvalue weighted by Crippen LogP contribution is -2.70. The summed E-state index contributed by atoms with van der Waals surface area (Å²) >= 11 is 0. The molecular weight excluding hydrogens is 432 g/mol. The van der Waals surface area contributed by atoms with Crippen molar-refractivity contribution in [1.82, 2.24) is 0 Å². The Morgan fingerprint density at radius 1 is 1.09 bits per heavy atom. The molecule has 0 aromatic carbocycles. The molecule has 0 amide bonds. The van der Waals surface area contributed by atoms with Crippen LogP contribution in [0.4, 0.5) is 0 Å². The fourth-order valence-electron chi connectivity index (χ4n) is 9.20. The average molecular weight is 479 g/mol. The molecule has 4 fully saturated rings. The second-order valence-electron chi connectivity index (χ2n) is 13.0. The van der Waals surface area contributed by atoms with Crippen LogP contribution in [0, 0.1) is 46.3 Å². The van der Waals surface area contributed by atoms with Gasteiger partial charge in [-0.1, -0.05) is 39.8 Å². The van der Waals surface area contributed by atoms with Crippen molar-refractivity contribution in [3.8, 4) is 0 Å². The van der Waals surface area contributed by atoms with Crippen LogP contribution in [0.15, 0.2) is 12.2 Å². The second kappa shape index (κ2) is 8.95. The van der Waals surface area contributed by atoms with Gasteiger partial charge in [0, 0.05) is 25.4 Å². The van der Waals surface area contributed by atoms with E-state index in [-0.39, 0.29) is 47.9 Å². The maximum absolute atomic E-state index is 13.6. The predicted octanol–water partition coefficient (Wildman–Crippen LogP) is 2.84. The first-order valence-corrected chi connectivity index (χ1v) is 13.4. The molecular formula is C28H46O6. The summed E-state index contributed by atoms with van der Waals surface area (Å²) in [6.45, 7) is 12.6. The Kier molecular flexibility index (Phi) is 6.92. The third kappa shape index (κ3) is 3.75. The van der Waals surface area contributed by atoms with E-state index in [9.17, 15) is 30.3 Å². The predicted molar refractivity (Wildman–Crippen MR) is 130 cm³/mol. The molecule has 4 aliphatic carbocycles.